The van der Waals surface area contributed by atoms with Crippen molar-refractivity contribution in [3.05, 3.63) is 65.4 Å². The number of carbonyl (C=O) groups is 1. The molecule has 0 radical (unpaired) electrons. The number of aliphatic imine (C=N–C) groups is 1. The van der Waals surface area contributed by atoms with E-state index in [1.807, 2.05) is 30.5 Å². The molecule has 0 saturated heterocycles. The van der Waals surface area contributed by atoms with E-state index in [9.17, 15) is 9.90 Å². The summed E-state index contributed by atoms with van der Waals surface area (Å²) in [5.41, 5.74) is 5.33. The van der Waals surface area contributed by atoms with Gasteiger partial charge in [0.1, 0.15) is 0 Å². The summed E-state index contributed by atoms with van der Waals surface area (Å²) in [6.07, 6.45) is 3.40. The molecule has 0 spiro atoms. The van der Waals surface area contributed by atoms with Crippen molar-refractivity contribution < 1.29 is 9.90 Å². The molecule has 1 aliphatic heterocycles. The molecule has 0 saturated carbocycles. The highest BCUT2D eigenvalue weighted by molar-refractivity contribution is 6.03. The number of hydrogen-bond donors (Lipinski definition) is 1. The van der Waals surface area contributed by atoms with Crippen molar-refractivity contribution >= 4 is 23.1 Å². The Morgan fingerprint density at radius 2 is 1.86 bits per heavy atom. The van der Waals surface area contributed by atoms with E-state index >= 15 is 0 Å². The van der Waals surface area contributed by atoms with Crippen molar-refractivity contribution in [2.75, 3.05) is 0 Å². The molecule has 0 atom stereocenters. The van der Waals surface area contributed by atoms with Crippen LogP contribution in [-0.4, -0.2) is 22.3 Å². The van der Waals surface area contributed by atoms with Crippen molar-refractivity contribution in [2.24, 2.45) is 4.99 Å². The third-order valence-corrected chi connectivity index (χ3v) is 3.94. The van der Waals surface area contributed by atoms with E-state index in [1.165, 1.54) is 17.8 Å². The van der Waals surface area contributed by atoms with Gasteiger partial charge in [-0.2, -0.15) is 0 Å². The zero-order valence-corrected chi connectivity index (χ0v) is 11.7. The Bertz CT molecular complexity index is 945. The summed E-state index contributed by atoms with van der Waals surface area (Å²) in [4.78, 5) is 19.9. The number of carboxylic acid groups (broad SMARTS) is 1. The lowest BCUT2D eigenvalue weighted by atomic mass is 9.98. The van der Waals surface area contributed by atoms with Crippen LogP contribution in [0.25, 0.3) is 22.0 Å². The smallest absolute Gasteiger partial charge is 0.336 e. The van der Waals surface area contributed by atoms with Crippen molar-refractivity contribution in [1.82, 2.24) is 4.98 Å². The number of aromatic carboxylic acids is 1. The molecular weight excluding hydrogens is 276 g/mol. The summed E-state index contributed by atoms with van der Waals surface area (Å²) >= 11 is 0. The Labute approximate surface area is 126 Å². The van der Waals surface area contributed by atoms with E-state index < -0.39 is 5.97 Å². The first-order valence-electron chi connectivity index (χ1n) is 6.97. The maximum Gasteiger partial charge on any atom is 0.336 e. The monoisotopic (exact) mass is 288 g/mol. The molecule has 0 amide bonds. The fraction of sp³-hybridized carbons (Fsp3) is 0.0556. The Morgan fingerprint density at radius 3 is 2.73 bits per heavy atom. The van der Waals surface area contributed by atoms with Crippen LogP contribution in [0.4, 0.5) is 0 Å². The summed E-state index contributed by atoms with van der Waals surface area (Å²) in [6.45, 7) is 0.737. The van der Waals surface area contributed by atoms with Crippen molar-refractivity contribution in [3.8, 4) is 11.1 Å². The third-order valence-electron chi connectivity index (χ3n) is 3.94. The first kappa shape index (κ1) is 12.7. The van der Waals surface area contributed by atoms with Crippen molar-refractivity contribution in [3.63, 3.8) is 0 Å². The predicted molar refractivity (Wildman–Crippen MR) is 85.4 cm³/mol. The van der Waals surface area contributed by atoms with Gasteiger partial charge in [0.05, 0.1) is 17.6 Å². The molecule has 4 nitrogen and oxygen atoms in total. The minimum absolute atomic E-state index is 0.273. The van der Waals surface area contributed by atoms with E-state index in [-0.39, 0.29) is 5.56 Å². The normalized spacial score (nSPS) is 12.5. The lowest BCUT2D eigenvalue weighted by Crippen LogP contribution is -1.98. The largest absolute Gasteiger partial charge is 0.478 e. The molecular formula is C18H12N2O2. The van der Waals surface area contributed by atoms with Crippen LogP contribution < -0.4 is 0 Å². The van der Waals surface area contributed by atoms with Crippen molar-refractivity contribution in [2.45, 2.75) is 6.54 Å². The average molecular weight is 288 g/mol. The molecule has 1 N–H and O–H groups in total. The van der Waals surface area contributed by atoms with Gasteiger partial charge >= 0.3 is 5.97 Å². The lowest BCUT2D eigenvalue weighted by molar-refractivity contribution is 0.0699. The summed E-state index contributed by atoms with van der Waals surface area (Å²) in [5, 5.41) is 9.98. The number of carboxylic acids is 1. The standard InChI is InChI=1S/C18H12N2O2/c21-18(22)15-5-6-20-17-4-3-12(8-16(15)17)11-1-2-13-9-19-10-14(13)7-11/h1-8,10H,9H2,(H,21,22). The summed E-state index contributed by atoms with van der Waals surface area (Å²) in [6, 6.07) is 13.5. The highest BCUT2D eigenvalue weighted by atomic mass is 16.4. The number of aromatic nitrogens is 1. The minimum atomic E-state index is -0.939. The van der Waals surface area contributed by atoms with Crippen LogP contribution in [0.15, 0.2) is 53.7 Å². The van der Waals surface area contributed by atoms with E-state index in [4.69, 9.17) is 0 Å². The van der Waals surface area contributed by atoms with Gasteiger partial charge in [0, 0.05) is 17.8 Å². The molecule has 0 bridgehead atoms. The molecule has 2 heterocycles. The van der Waals surface area contributed by atoms with E-state index in [0.717, 1.165) is 23.2 Å². The molecule has 4 rings (SSSR count). The van der Waals surface area contributed by atoms with E-state index in [0.29, 0.717) is 10.9 Å². The Hall–Kier alpha value is -3.01. The maximum absolute atomic E-state index is 11.4. The first-order chi connectivity index (χ1) is 10.7. The molecule has 0 aliphatic carbocycles. The number of hydrogen-bond acceptors (Lipinski definition) is 3. The van der Waals surface area contributed by atoms with Gasteiger partial charge in [-0.25, -0.2) is 4.79 Å². The molecule has 3 aromatic rings. The van der Waals surface area contributed by atoms with E-state index in [1.54, 1.807) is 0 Å². The zero-order valence-electron chi connectivity index (χ0n) is 11.7. The van der Waals surface area contributed by atoms with Crippen molar-refractivity contribution in [1.29, 1.82) is 0 Å². The van der Waals surface area contributed by atoms with Crippen LogP contribution in [0.3, 0.4) is 0 Å². The second-order valence-electron chi connectivity index (χ2n) is 5.28. The second-order valence-corrected chi connectivity index (χ2v) is 5.28. The Balaban J connectivity index is 1.91. The number of benzene rings is 2. The predicted octanol–water partition coefficient (Wildman–Crippen LogP) is 3.53. The average Bonchev–Trinajstić information content (AvgIpc) is 3.01. The number of pyridine rings is 1. The Morgan fingerprint density at radius 1 is 1.05 bits per heavy atom. The molecule has 0 fully saturated rings. The van der Waals surface area contributed by atoms with Crippen LogP contribution in [0.1, 0.15) is 21.5 Å². The first-order valence-corrected chi connectivity index (χ1v) is 6.97. The van der Waals surface area contributed by atoms with Crippen LogP contribution >= 0.6 is 0 Å². The molecule has 1 aromatic heterocycles. The van der Waals surface area contributed by atoms with Gasteiger partial charge in [-0.1, -0.05) is 18.2 Å². The van der Waals surface area contributed by atoms with Crippen LogP contribution in [0.2, 0.25) is 0 Å². The summed E-state index contributed by atoms with van der Waals surface area (Å²) in [5.74, 6) is -0.939. The number of fused-ring (bicyclic) bond motifs is 2. The maximum atomic E-state index is 11.4. The van der Waals surface area contributed by atoms with Crippen LogP contribution in [-0.2, 0) is 6.54 Å². The van der Waals surface area contributed by atoms with E-state index in [2.05, 4.69) is 22.1 Å². The van der Waals surface area contributed by atoms with Gasteiger partial charge in [0.2, 0.25) is 0 Å². The quantitative estimate of drug-likeness (QED) is 0.784. The highest BCUT2D eigenvalue weighted by Crippen LogP contribution is 2.28. The van der Waals surface area contributed by atoms with Gasteiger partial charge in [0.25, 0.3) is 0 Å². The fourth-order valence-electron chi connectivity index (χ4n) is 2.79. The van der Waals surface area contributed by atoms with Gasteiger partial charge in [0.15, 0.2) is 0 Å². The second kappa shape index (κ2) is 4.77. The summed E-state index contributed by atoms with van der Waals surface area (Å²) in [7, 11) is 0. The van der Waals surface area contributed by atoms with Crippen LogP contribution in [0.5, 0.6) is 0 Å². The molecule has 4 heteroatoms. The van der Waals surface area contributed by atoms with Gasteiger partial charge in [-0.15, -0.1) is 0 Å². The van der Waals surface area contributed by atoms with Gasteiger partial charge in [-0.05, 0) is 46.5 Å². The molecule has 1 aliphatic rings. The Kier molecular flexibility index (Phi) is 2.76. The third kappa shape index (κ3) is 1.97. The molecule has 0 unspecified atom stereocenters. The summed E-state index contributed by atoms with van der Waals surface area (Å²) < 4.78 is 0. The van der Waals surface area contributed by atoms with Gasteiger partial charge < -0.3 is 5.11 Å². The SMILES string of the molecule is O=C(O)c1ccnc2ccc(-c3ccc4c(c3)C=NC4)cc12. The van der Waals surface area contributed by atoms with Crippen LogP contribution in [0, 0.1) is 0 Å². The van der Waals surface area contributed by atoms with Gasteiger partial charge in [-0.3, -0.25) is 9.98 Å². The minimum Gasteiger partial charge on any atom is -0.478 e. The molecule has 106 valence electrons. The fourth-order valence-corrected chi connectivity index (χ4v) is 2.79. The topological polar surface area (TPSA) is 62.5 Å². The highest BCUT2D eigenvalue weighted by Gasteiger charge is 2.11. The number of nitrogens with zero attached hydrogens (tertiary/aromatic N) is 2. The number of rotatable bonds is 2. The molecule has 22 heavy (non-hydrogen) atoms. The lowest BCUT2D eigenvalue weighted by Gasteiger charge is -2.07. The zero-order chi connectivity index (χ0) is 15.1. The molecule has 2 aromatic carbocycles.